The minimum Gasteiger partial charge on any atom is -0.366 e. The zero-order valence-electron chi connectivity index (χ0n) is 5.20. The molecule has 1 aromatic rings. The van der Waals surface area contributed by atoms with Crippen LogP contribution in [0.1, 0.15) is 12.7 Å². The van der Waals surface area contributed by atoms with Crippen LogP contribution in [0.4, 0.5) is 5.95 Å². The van der Waals surface area contributed by atoms with Crippen molar-refractivity contribution in [3.63, 3.8) is 0 Å². The maximum absolute atomic E-state index is 5.31. The van der Waals surface area contributed by atoms with E-state index in [0.717, 1.165) is 6.42 Å². The van der Waals surface area contributed by atoms with Crippen molar-refractivity contribution in [2.75, 3.05) is 11.6 Å². The summed E-state index contributed by atoms with van der Waals surface area (Å²) in [5, 5.41) is 3.64. The molecule has 50 valence electrons. The average Bonchev–Trinajstić information content (AvgIpc) is 2.10. The fourth-order valence-corrected chi connectivity index (χ4v) is 0.615. The van der Waals surface area contributed by atoms with Crippen molar-refractivity contribution in [2.45, 2.75) is 13.3 Å². The highest BCUT2D eigenvalue weighted by Crippen LogP contribution is 1.94. The highest BCUT2D eigenvalue weighted by atomic mass is 15.5. The van der Waals surface area contributed by atoms with Crippen molar-refractivity contribution in [2.24, 2.45) is 0 Å². The molecule has 0 atom stereocenters. The van der Waals surface area contributed by atoms with Gasteiger partial charge in [-0.05, 0) is 0 Å². The maximum atomic E-state index is 5.31. The van der Waals surface area contributed by atoms with Gasteiger partial charge in [-0.2, -0.15) is 9.77 Å². The lowest BCUT2D eigenvalue weighted by molar-refractivity contribution is 0.763. The second-order valence-corrected chi connectivity index (χ2v) is 1.68. The Bertz CT molecular complexity index is 203. The van der Waals surface area contributed by atoms with Crippen LogP contribution in [0.3, 0.4) is 0 Å². The van der Waals surface area contributed by atoms with E-state index in [1.807, 2.05) is 6.92 Å². The van der Waals surface area contributed by atoms with Gasteiger partial charge in [0.1, 0.15) is 0 Å². The van der Waals surface area contributed by atoms with E-state index in [2.05, 4.69) is 10.1 Å². The second-order valence-electron chi connectivity index (χ2n) is 1.68. The third-order valence-electron chi connectivity index (χ3n) is 1.03. The lowest BCUT2D eigenvalue weighted by atomic mass is 10.5. The van der Waals surface area contributed by atoms with Crippen LogP contribution in [0.2, 0.25) is 0 Å². The summed E-state index contributed by atoms with van der Waals surface area (Å²) in [6.45, 7) is 1.94. The smallest absolute Gasteiger partial charge is 0.241 e. The summed E-state index contributed by atoms with van der Waals surface area (Å²) in [6, 6.07) is 0. The Morgan fingerprint density at radius 3 is 2.56 bits per heavy atom. The monoisotopic (exact) mass is 127 g/mol. The number of hydrogen-bond donors (Lipinski definition) is 2. The van der Waals surface area contributed by atoms with E-state index < -0.39 is 0 Å². The van der Waals surface area contributed by atoms with Gasteiger partial charge >= 0.3 is 0 Å². The Morgan fingerprint density at radius 2 is 2.33 bits per heavy atom. The summed E-state index contributed by atoms with van der Waals surface area (Å²) >= 11 is 0. The van der Waals surface area contributed by atoms with Gasteiger partial charge in [-0.25, -0.2) is 0 Å². The Kier molecular flexibility index (Phi) is 1.26. The molecule has 0 radical (unpaired) electrons. The number of nitrogens with zero attached hydrogens (tertiary/aromatic N) is 3. The highest BCUT2D eigenvalue weighted by Gasteiger charge is 1.99. The number of anilines is 1. The van der Waals surface area contributed by atoms with Crippen LogP contribution in [0.25, 0.3) is 0 Å². The molecule has 9 heavy (non-hydrogen) atoms. The van der Waals surface area contributed by atoms with Crippen molar-refractivity contribution in [3.8, 4) is 0 Å². The van der Waals surface area contributed by atoms with Gasteiger partial charge in [0.15, 0.2) is 5.82 Å². The van der Waals surface area contributed by atoms with E-state index in [1.165, 1.54) is 4.79 Å². The van der Waals surface area contributed by atoms with Gasteiger partial charge in [0, 0.05) is 6.42 Å². The minimum atomic E-state index is 0.231. The molecule has 0 saturated heterocycles. The van der Waals surface area contributed by atoms with E-state index in [4.69, 9.17) is 11.6 Å². The number of aryl methyl sites for hydroxylation is 1. The maximum Gasteiger partial charge on any atom is 0.241 e. The van der Waals surface area contributed by atoms with Crippen LogP contribution in [0.15, 0.2) is 0 Å². The first-order chi connectivity index (χ1) is 4.24. The van der Waals surface area contributed by atoms with Gasteiger partial charge in [-0.1, -0.05) is 6.92 Å². The molecule has 4 N–H and O–H groups in total. The minimum absolute atomic E-state index is 0.231. The molecule has 0 aliphatic heterocycles. The topological polar surface area (TPSA) is 82.8 Å². The van der Waals surface area contributed by atoms with Crippen LogP contribution in [-0.4, -0.2) is 14.9 Å². The molecule has 5 nitrogen and oxygen atoms in total. The van der Waals surface area contributed by atoms with Gasteiger partial charge in [-0.3, -0.25) is 0 Å². The van der Waals surface area contributed by atoms with Crippen LogP contribution >= 0.6 is 0 Å². The number of nitrogen functional groups attached to an aromatic ring is 2. The van der Waals surface area contributed by atoms with E-state index in [0.29, 0.717) is 5.82 Å². The molecule has 0 saturated carbocycles. The molecule has 1 aromatic heterocycles. The van der Waals surface area contributed by atoms with E-state index in [9.17, 15) is 0 Å². The molecule has 0 bridgehead atoms. The largest absolute Gasteiger partial charge is 0.366 e. The quantitative estimate of drug-likeness (QED) is 0.481. The predicted molar refractivity (Wildman–Crippen MR) is 34.0 cm³/mol. The Morgan fingerprint density at radius 1 is 1.67 bits per heavy atom. The highest BCUT2D eigenvalue weighted by molar-refractivity contribution is 5.13. The van der Waals surface area contributed by atoms with Gasteiger partial charge < -0.3 is 11.6 Å². The fourth-order valence-electron chi connectivity index (χ4n) is 0.615. The fraction of sp³-hybridized carbons (Fsp3) is 0.500. The summed E-state index contributed by atoms with van der Waals surface area (Å²) in [4.78, 5) is 5.02. The standard InChI is InChI=1S/C4H9N5/c1-2-3-7-4(5)8-9(3)6/h2,6H2,1H3,(H2,5,8). The predicted octanol–water partition coefficient (Wildman–Crippen LogP) is -0.863. The molecule has 0 aliphatic carbocycles. The van der Waals surface area contributed by atoms with E-state index in [-0.39, 0.29) is 5.95 Å². The van der Waals surface area contributed by atoms with E-state index >= 15 is 0 Å². The first-order valence-electron chi connectivity index (χ1n) is 2.70. The molecule has 0 amide bonds. The Balaban J connectivity index is 3.01. The molecule has 0 unspecified atom stereocenters. The molecule has 1 rings (SSSR count). The van der Waals surface area contributed by atoms with E-state index in [1.54, 1.807) is 0 Å². The number of aromatic nitrogens is 3. The van der Waals surface area contributed by atoms with Gasteiger partial charge in [-0.15, -0.1) is 5.10 Å². The van der Waals surface area contributed by atoms with Crippen molar-refractivity contribution in [1.82, 2.24) is 14.9 Å². The van der Waals surface area contributed by atoms with Crippen LogP contribution in [-0.2, 0) is 6.42 Å². The van der Waals surface area contributed by atoms with Crippen LogP contribution in [0, 0.1) is 0 Å². The molecule has 0 fully saturated rings. The zero-order chi connectivity index (χ0) is 6.85. The van der Waals surface area contributed by atoms with Crippen LogP contribution in [0.5, 0.6) is 0 Å². The van der Waals surface area contributed by atoms with Crippen molar-refractivity contribution < 1.29 is 0 Å². The Hall–Kier alpha value is -1.26. The Labute approximate surface area is 52.6 Å². The lowest BCUT2D eigenvalue weighted by Crippen LogP contribution is -2.13. The average molecular weight is 127 g/mol. The summed E-state index contributed by atoms with van der Waals surface area (Å²) < 4.78 is 0. The molecule has 0 aliphatic rings. The third-order valence-corrected chi connectivity index (χ3v) is 1.03. The number of nitrogens with two attached hydrogens (primary N) is 2. The first kappa shape index (κ1) is 5.87. The first-order valence-corrected chi connectivity index (χ1v) is 2.70. The molecule has 0 spiro atoms. The number of hydrogen-bond acceptors (Lipinski definition) is 4. The summed E-state index contributed by atoms with van der Waals surface area (Å²) in [5.41, 5.74) is 5.23. The van der Waals surface area contributed by atoms with Crippen molar-refractivity contribution in [3.05, 3.63) is 5.82 Å². The second kappa shape index (κ2) is 1.93. The molecule has 5 heteroatoms. The summed E-state index contributed by atoms with van der Waals surface area (Å²) in [6.07, 6.45) is 0.751. The van der Waals surface area contributed by atoms with Crippen molar-refractivity contribution in [1.29, 1.82) is 0 Å². The van der Waals surface area contributed by atoms with Crippen molar-refractivity contribution >= 4 is 5.95 Å². The SMILES string of the molecule is CCc1nc(N)nn1N. The summed E-state index contributed by atoms with van der Waals surface area (Å²) in [7, 11) is 0. The third kappa shape index (κ3) is 0.933. The lowest BCUT2D eigenvalue weighted by Gasteiger charge is -1.90. The molecule has 0 aromatic carbocycles. The summed E-state index contributed by atoms with van der Waals surface area (Å²) in [5.74, 6) is 6.25. The van der Waals surface area contributed by atoms with Gasteiger partial charge in [0.05, 0.1) is 0 Å². The molecule has 1 heterocycles. The molecular weight excluding hydrogens is 118 g/mol. The van der Waals surface area contributed by atoms with Gasteiger partial charge in [0.2, 0.25) is 5.95 Å². The normalized spacial score (nSPS) is 9.89. The molecular formula is C4H9N5. The van der Waals surface area contributed by atoms with Gasteiger partial charge in [0.25, 0.3) is 0 Å². The number of rotatable bonds is 1. The van der Waals surface area contributed by atoms with Crippen LogP contribution < -0.4 is 11.6 Å². The zero-order valence-corrected chi connectivity index (χ0v) is 5.20.